The van der Waals surface area contributed by atoms with Crippen molar-refractivity contribution in [3.05, 3.63) is 17.6 Å². The fraction of sp³-hybridized carbons (Fsp3) is 0.733. The van der Waals surface area contributed by atoms with Gasteiger partial charge in [-0.15, -0.1) is 0 Å². The van der Waals surface area contributed by atoms with Gasteiger partial charge in [0.25, 0.3) is 0 Å². The summed E-state index contributed by atoms with van der Waals surface area (Å²) >= 11 is 0. The maximum atomic E-state index is 4.46. The quantitative estimate of drug-likeness (QED) is 0.826. The SMILES string of the molecule is CC(C)CC(C)Nc1ncnc2c1CCCCC2. The Morgan fingerprint density at radius 1 is 1.11 bits per heavy atom. The zero-order valence-electron chi connectivity index (χ0n) is 11.9. The van der Waals surface area contributed by atoms with Gasteiger partial charge in [-0.05, 0) is 44.9 Å². The third-order valence-electron chi connectivity index (χ3n) is 3.58. The van der Waals surface area contributed by atoms with E-state index in [1.807, 2.05) is 0 Å². The van der Waals surface area contributed by atoms with Crippen LogP contribution in [0.25, 0.3) is 0 Å². The van der Waals surface area contributed by atoms with Gasteiger partial charge in [0.15, 0.2) is 0 Å². The van der Waals surface area contributed by atoms with Crippen molar-refractivity contribution in [1.82, 2.24) is 9.97 Å². The molecule has 100 valence electrons. The Balaban J connectivity index is 2.13. The molecule has 1 atom stereocenters. The summed E-state index contributed by atoms with van der Waals surface area (Å²) in [7, 11) is 0. The predicted octanol–water partition coefficient (Wildman–Crippen LogP) is 3.59. The summed E-state index contributed by atoms with van der Waals surface area (Å²) in [5, 5.41) is 3.58. The first-order chi connectivity index (χ1) is 8.66. The molecule has 0 saturated heterocycles. The van der Waals surface area contributed by atoms with Crippen LogP contribution in [0, 0.1) is 5.92 Å². The maximum Gasteiger partial charge on any atom is 0.133 e. The van der Waals surface area contributed by atoms with Crippen molar-refractivity contribution in [3.63, 3.8) is 0 Å². The highest BCUT2D eigenvalue weighted by molar-refractivity contribution is 5.47. The van der Waals surface area contributed by atoms with Gasteiger partial charge >= 0.3 is 0 Å². The van der Waals surface area contributed by atoms with Gasteiger partial charge in [0.1, 0.15) is 12.1 Å². The van der Waals surface area contributed by atoms with Crippen LogP contribution in [0.3, 0.4) is 0 Å². The van der Waals surface area contributed by atoms with Gasteiger partial charge in [-0.2, -0.15) is 0 Å². The Hall–Kier alpha value is -1.12. The number of hydrogen-bond donors (Lipinski definition) is 1. The van der Waals surface area contributed by atoms with E-state index in [4.69, 9.17) is 0 Å². The minimum atomic E-state index is 0.479. The van der Waals surface area contributed by atoms with Gasteiger partial charge in [-0.3, -0.25) is 0 Å². The van der Waals surface area contributed by atoms with Gasteiger partial charge < -0.3 is 5.32 Å². The minimum absolute atomic E-state index is 0.479. The topological polar surface area (TPSA) is 37.8 Å². The lowest BCUT2D eigenvalue weighted by atomic mass is 10.0. The maximum absolute atomic E-state index is 4.46. The van der Waals surface area contributed by atoms with Crippen molar-refractivity contribution < 1.29 is 0 Å². The summed E-state index contributed by atoms with van der Waals surface area (Å²) in [6.45, 7) is 6.77. The Kier molecular flexibility index (Phi) is 4.56. The number of fused-ring (bicyclic) bond motifs is 1. The van der Waals surface area contributed by atoms with Crippen molar-refractivity contribution in [2.75, 3.05) is 5.32 Å². The average Bonchev–Trinajstić information content (AvgIpc) is 2.53. The molecule has 1 aliphatic rings. The molecule has 1 unspecified atom stereocenters. The third kappa shape index (κ3) is 3.44. The van der Waals surface area contributed by atoms with Gasteiger partial charge in [-0.1, -0.05) is 20.3 Å². The lowest BCUT2D eigenvalue weighted by Gasteiger charge is -2.19. The molecular weight excluding hydrogens is 222 g/mol. The lowest BCUT2D eigenvalue weighted by Crippen LogP contribution is -2.20. The van der Waals surface area contributed by atoms with Crippen molar-refractivity contribution in [2.24, 2.45) is 5.92 Å². The van der Waals surface area contributed by atoms with Crippen LogP contribution in [0.4, 0.5) is 5.82 Å². The molecule has 1 aromatic rings. The molecular formula is C15H25N3. The molecule has 1 N–H and O–H groups in total. The van der Waals surface area contributed by atoms with Crippen LogP contribution in [0.1, 0.15) is 57.7 Å². The van der Waals surface area contributed by atoms with Crippen LogP contribution in [0.2, 0.25) is 0 Å². The molecule has 0 radical (unpaired) electrons. The Morgan fingerprint density at radius 3 is 2.67 bits per heavy atom. The van der Waals surface area contributed by atoms with Crippen molar-refractivity contribution >= 4 is 5.82 Å². The smallest absolute Gasteiger partial charge is 0.133 e. The molecule has 0 spiro atoms. The second-order valence-electron chi connectivity index (χ2n) is 5.88. The zero-order valence-corrected chi connectivity index (χ0v) is 11.9. The van der Waals surface area contributed by atoms with E-state index >= 15 is 0 Å². The number of aryl methyl sites for hydroxylation is 1. The number of rotatable bonds is 4. The van der Waals surface area contributed by atoms with Crippen LogP contribution >= 0.6 is 0 Å². The molecule has 0 saturated carbocycles. The zero-order chi connectivity index (χ0) is 13.0. The average molecular weight is 247 g/mol. The Bertz CT molecular complexity index is 387. The fourth-order valence-electron chi connectivity index (χ4n) is 2.82. The van der Waals surface area contributed by atoms with Gasteiger partial charge in [0, 0.05) is 17.3 Å². The van der Waals surface area contributed by atoms with Gasteiger partial charge in [-0.25, -0.2) is 9.97 Å². The summed E-state index contributed by atoms with van der Waals surface area (Å²) in [5.41, 5.74) is 2.63. The Morgan fingerprint density at radius 2 is 1.89 bits per heavy atom. The van der Waals surface area contributed by atoms with Gasteiger partial charge in [0.05, 0.1) is 0 Å². The van der Waals surface area contributed by atoms with Crippen LogP contribution < -0.4 is 5.32 Å². The molecule has 0 aromatic carbocycles. The largest absolute Gasteiger partial charge is 0.367 e. The molecule has 0 bridgehead atoms. The number of hydrogen-bond acceptors (Lipinski definition) is 3. The summed E-state index contributed by atoms with van der Waals surface area (Å²) in [5.74, 6) is 1.79. The van der Waals surface area contributed by atoms with E-state index in [0.717, 1.165) is 18.7 Å². The van der Waals surface area contributed by atoms with Crippen molar-refractivity contribution in [2.45, 2.75) is 65.3 Å². The van der Waals surface area contributed by atoms with Crippen LogP contribution in [0.5, 0.6) is 0 Å². The minimum Gasteiger partial charge on any atom is -0.367 e. The predicted molar refractivity (Wildman–Crippen MR) is 75.8 cm³/mol. The van der Waals surface area contributed by atoms with Crippen molar-refractivity contribution in [3.8, 4) is 0 Å². The van der Waals surface area contributed by atoms with E-state index < -0.39 is 0 Å². The fourth-order valence-corrected chi connectivity index (χ4v) is 2.82. The highest BCUT2D eigenvalue weighted by Crippen LogP contribution is 2.24. The molecule has 2 rings (SSSR count). The second-order valence-corrected chi connectivity index (χ2v) is 5.88. The first kappa shape index (κ1) is 13.3. The first-order valence-corrected chi connectivity index (χ1v) is 7.26. The van der Waals surface area contributed by atoms with Gasteiger partial charge in [0.2, 0.25) is 0 Å². The molecule has 18 heavy (non-hydrogen) atoms. The number of nitrogens with zero attached hydrogens (tertiary/aromatic N) is 2. The molecule has 3 nitrogen and oxygen atoms in total. The van der Waals surface area contributed by atoms with E-state index in [-0.39, 0.29) is 0 Å². The lowest BCUT2D eigenvalue weighted by molar-refractivity contribution is 0.538. The number of nitrogens with one attached hydrogen (secondary N) is 1. The second kappa shape index (κ2) is 6.17. The van der Waals surface area contributed by atoms with Crippen LogP contribution in [0.15, 0.2) is 6.33 Å². The van der Waals surface area contributed by atoms with E-state index in [1.165, 1.54) is 36.9 Å². The molecule has 0 fully saturated rings. The van der Waals surface area contributed by atoms with E-state index in [1.54, 1.807) is 6.33 Å². The summed E-state index contributed by atoms with van der Waals surface area (Å²) in [6.07, 6.45) is 9.00. The highest BCUT2D eigenvalue weighted by atomic mass is 15.0. The summed E-state index contributed by atoms with van der Waals surface area (Å²) in [4.78, 5) is 8.92. The third-order valence-corrected chi connectivity index (χ3v) is 3.58. The van der Waals surface area contributed by atoms with Crippen LogP contribution in [-0.2, 0) is 12.8 Å². The van der Waals surface area contributed by atoms with E-state index in [2.05, 4.69) is 36.1 Å². The number of anilines is 1. The van der Waals surface area contributed by atoms with Crippen LogP contribution in [-0.4, -0.2) is 16.0 Å². The van der Waals surface area contributed by atoms with Crippen molar-refractivity contribution in [1.29, 1.82) is 0 Å². The summed E-state index contributed by atoms with van der Waals surface area (Å²) < 4.78 is 0. The molecule has 0 aliphatic heterocycles. The first-order valence-electron chi connectivity index (χ1n) is 7.26. The van der Waals surface area contributed by atoms with E-state index in [0.29, 0.717) is 12.0 Å². The monoisotopic (exact) mass is 247 g/mol. The normalized spacial score (nSPS) is 17.1. The highest BCUT2D eigenvalue weighted by Gasteiger charge is 2.15. The molecule has 3 heteroatoms. The standard InChI is InChI=1S/C15H25N3/c1-11(2)9-12(3)18-15-13-7-5-4-6-8-14(13)16-10-17-15/h10-12H,4-9H2,1-3H3,(H,16,17,18). The molecule has 0 amide bonds. The Labute approximate surface area is 110 Å². The summed E-state index contributed by atoms with van der Waals surface area (Å²) in [6, 6.07) is 0.479. The van der Waals surface area contributed by atoms with E-state index in [9.17, 15) is 0 Å². The molecule has 1 heterocycles. The molecule has 1 aliphatic carbocycles. The molecule has 1 aromatic heterocycles. The number of aromatic nitrogens is 2.